The maximum atomic E-state index is 11.7. The number of nitrogens with one attached hydrogen (secondary N) is 1. The van der Waals surface area contributed by atoms with E-state index in [4.69, 9.17) is 9.39 Å². The second-order valence-corrected chi connectivity index (χ2v) is 6.41. The van der Waals surface area contributed by atoms with Crippen LogP contribution in [0.15, 0.2) is 12.1 Å². The number of carboxylic acids is 1. The van der Waals surface area contributed by atoms with Crippen LogP contribution in [0.1, 0.15) is 22.8 Å². The molecule has 0 aliphatic carbocycles. The number of rotatable bonds is 7. The molecule has 0 saturated heterocycles. The second-order valence-electron chi connectivity index (χ2n) is 5.54. The lowest BCUT2D eigenvalue weighted by atomic mass is 9.72. The number of carboxylic acid groups (broad SMARTS) is 1. The molecule has 1 aromatic rings. The van der Waals surface area contributed by atoms with Crippen LogP contribution in [0.25, 0.3) is 0 Å². The SMILES string of the molecule is CSCC(=O)N[C@H]1Cc2ccc(OCC(C)=O)c(C(=O)O)c2OB1O. The van der Waals surface area contributed by atoms with Crippen molar-refractivity contribution in [2.45, 2.75) is 19.3 Å². The Morgan fingerprint density at radius 3 is 2.76 bits per heavy atom. The summed E-state index contributed by atoms with van der Waals surface area (Å²) in [5.41, 5.74) is 0.263. The normalized spacial score (nSPS) is 15.8. The first kappa shape index (κ1) is 19.1. The van der Waals surface area contributed by atoms with Crippen LogP contribution < -0.4 is 14.7 Å². The molecule has 1 atom stereocenters. The van der Waals surface area contributed by atoms with Crippen LogP contribution in [0.5, 0.6) is 11.5 Å². The number of benzene rings is 1. The first-order valence-corrected chi connectivity index (χ1v) is 8.87. The highest BCUT2D eigenvalue weighted by Gasteiger charge is 2.38. The van der Waals surface area contributed by atoms with Crippen LogP contribution in [-0.4, -0.2) is 59.5 Å². The Balaban J connectivity index is 2.28. The Bertz CT molecular complexity index is 697. The van der Waals surface area contributed by atoms with E-state index in [1.54, 1.807) is 12.3 Å². The third-order valence-electron chi connectivity index (χ3n) is 3.49. The van der Waals surface area contributed by atoms with Crippen molar-refractivity contribution in [1.29, 1.82) is 0 Å². The molecule has 0 saturated carbocycles. The molecule has 0 aromatic heterocycles. The highest BCUT2D eigenvalue weighted by molar-refractivity contribution is 7.99. The smallest absolute Gasteiger partial charge is 0.534 e. The first-order valence-electron chi connectivity index (χ1n) is 7.48. The van der Waals surface area contributed by atoms with Crippen molar-refractivity contribution in [3.8, 4) is 11.5 Å². The van der Waals surface area contributed by atoms with Crippen molar-refractivity contribution >= 4 is 36.5 Å². The minimum Gasteiger partial charge on any atom is -0.534 e. The highest BCUT2D eigenvalue weighted by Crippen LogP contribution is 2.36. The average Bonchev–Trinajstić information content (AvgIpc) is 2.53. The molecular formula is C15H18BNO7S. The van der Waals surface area contributed by atoms with Gasteiger partial charge in [0.25, 0.3) is 0 Å². The summed E-state index contributed by atoms with van der Waals surface area (Å²) in [4.78, 5) is 34.3. The van der Waals surface area contributed by atoms with Crippen LogP contribution in [0.2, 0.25) is 0 Å². The lowest BCUT2D eigenvalue weighted by Crippen LogP contribution is -2.53. The van der Waals surface area contributed by atoms with Crippen LogP contribution in [-0.2, 0) is 16.0 Å². The molecule has 1 aromatic carbocycles. The molecule has 1 amide bonds. The summed E-state index contributed by atoms with van der Waals surface area (Å²) in [7, 11) is -1.39. The molecule has 3 N–H and O–H groups in total. The molecule has 0 fully saturated rings. The minimum absolute atomic E-state index is 0.0153. The third kappa shape index (κ3) is 4.67. The number of hydrogen-bond acceptors (Lipinski definition) is 7. The average molecular weight is 367 g/mol. The zero-order valence-electron chi connectivity index (χ0n) is 13.8. The zero-order chi connectivity index (χ0) is 18.6. The van der Waals surface area contributed by atoms with Gasteiger partial charge in [0.1, 0.15) is 23.7 Å². The summed E-state index contributed by atoms with van der Waals surface area (Å²) in [5.74, 6) is -2.27. The number of aromatic carboxylic acids is 1. The number of Topliss-reactive ketones (excluding diaryl/α,β-unsaturated/α-hetero) is 1. The van der Waals surface area contributed by atoms with E-state index in [1.807, 2.05) is 0 Å². The van der Waals surface area contributed by atoms with Crippen molar-refractivity contribution in [2.75, 3.05) is 18.6 Å². The van der Waals surface area contributed by atoms with Gasteiger partial charge in [-0.3, -0.25) is 9.59 Å². The summed E-state index contributed by atoms with van der Waals surface area (Å²) >= 11 is 1.34. The van der Waals surface area contributed by atoms with E-state index < -0.39 is 19.0 Å². The molecule has 1 aliphatic heterocycles. The van der Waals surface area contributed by atoms with Gasteiger partial charge in [0.2, 0.25) is 5.91 Å². The molecule has 8 nitrogen and oxygen atoms in total. The fraction of sp³-hybridized carbons (Fsp3) is 0.400. The maximum absolute atomic E-state index is 11.7. The Hall–Kier alpha value is -2.20. The standard InChI is InChI=1S/C15H18BNO7S/c1-8(18)6-23-10-4-3-9-5-11(17-12(19)7-25-2)16(22)24-14(9)13(10)15(20)21/h3-4,11,22H,5-7H2,1-2H3,(H,17,19)(H,20,21)/t11-/m0/s1. The number of hydrogen-bond donors (Lipinski definition) is 3. The number of thioether (sulfide) groups is 1. The van der Waals surface area contributed by atoms with E-state index >= 15 is 0 Å². The Labute approximate surface area is 149 Å². The van der Waals surface area contributed by atoms with E-state index in [0.29, 0.717) is 5.56 Å². The lowest BCUT2D eigenvalue weighted by Gasteiger charge is -2.29. The molecule has 134 valence electrons. The predicted octanol–water partition coefficient (Wildman–Crippen LogP) is 0.155. The summed E-state index contributed by atoms with van der Waals surface area (Å²) in [5, 5.41) is 22.2. The first-order chi connectivity index (χ1) is 11.8. The number of fused-ring (bicyclic) bond motifs is 1. The molecule has 0 bridgehead atoms. The van der Waals surface area contributed by atoms with Crippen LogP contribution in [0.3, 0.4) is 0 Å². The van der Waals surface area contributed by atoms with Crippen molar-refractivity contribution < 1.29 is 33.9 Å². The van der Waals surface area contributed by atoms with E-state index in [9.17, 15) is 24.5 Å². The number of ketones is 1. The molecule has 25 heavy (non-hydrogen) atoms. The Kier molecular flexibility index (Phi) is 6.32. The predicted molar refractivity (Wildman–Crippen MR) is 92.2 cm³/mol. The number of amides is 1. The van der Waals surface area contributed by atoms with Crippen molar-refractivity contribution in [2.24, 2.45) is 0 Å². The summed E-state index contributed by atoms with van der Waals surface area (Å²) < 4.78 is 10.6. The van der Waals surface area contributed by atoms with Gasteiger partial charge in [0.15, 0.2) is 5.78 Å². The molecule has 1 aliphatic rings. The Morgan fingerprint density at radius 1 is 1.44 bits per heavy atom. The van der Waals surface area contributed by atoms with Crippen LogP contribution in [0, 0.1) is 0 Å². The number of carbonyl (C=O) groups excluding carboxylic acids is 2. The van der Waals surface area contributed by atoms with E-state index in [2.05, 4.69) is 5.32 Å². The fourth-order valence-electron chi connectivity index (χ4n) is 2.45. The van der Waals surface area contributed by atoms with Gasteiger partial charge in [-0.15, -0.1) is 0 Å². The zero-order valence-corrected chi connectivity index (χ0v) is 14.6. The van der Waals surface area contributed by atoms with E-state index in [1.165, 1.54) is 24.8 Å². The third-order valence-corrected chi connectivity index (χ3v) is 4.04. The van der Waals surface area contributed by atoms with Gasteiger partial charge in [-0.1, -0.05) is 6.07 Å². The highest BCUT2D eigenvalue weighted by atomic mass is 32.2. The Morgan fingerprint density at radius 2 is 2.16 bits per heavy atom. The van der Waals surface area contributed by atoms with Gasteiger partial charge >= 0.3 is 13.1 Å². The van der Waals surface area contributed by atoms with E-state index in [0.717, 1.165) is 0 Å². The maximum Gasteiger partial charge on any atom is 0.547 e. The number of carbonyl (C=O) groups is 3. The van der Waals surface area contributed by atoms with Crippen molar-refractivity contribution in [1.82, 2.24) is 5.32 Å². The van der Waals surface area contributed by atoms with Gasteiger partial charge in [0.05, 0.1) is 11.7 Å². The van der Waals surface area contributed by atoms with Gasteiger partial charge in [-0.25, -0.2) is 4.79 Å². The summed E-state index contributed by atoms with van der Waals surface area (Å²) in [6.07, 6.45) is 1.99. The quantitative estimate of drug-likeness (QED) is 0.583. The van der Waals surface area contributed by atoms with Crippen LogP contribution in [0.4, 0.5) is 0 Å². The van der Waals surface area contributed by atoms with Gasteiger partial charge < -0.3 is 24.8 Å². The van der Waals surface area contributed by atoms with Gasteiger partial charge in [-0.05, 0) is 31.2 Å². The second kappa shape index (κ2) is 8.26. The van der Waals surface area contributed by atoms with Crippen molar-refractivity contribution in [3.05, 3.63) is 23.3 Å². The monoisotopic (exact) mass is 367 g/mol. The molecular weight excluding hydrogens is 349 g/mol. The minimum atomic E-state index is -1.39. The largest absolute Gasteiger partial charge is 0.547 e. The molecule has 2 rings (SSSR count). The molecule has 10 heteroatoms. The molecule has 1 heterocycles. The molecule has 0 radical (unpaired) electrons. The summed E-state index contributed by atoms with van der Waals surface area (Å²) in [6, 6.07) is 3.03. The molecule has 0 spiro atoms. The van der Waals surface area contributed by atoms with E-state index in [-0.39, 0.29) is 47.5 Å². The fourth-order valence-corrected chi connectivity index (χ4v) is 2.79. The summed E-state index contributed by atoms with van der Waals surface area (Å²) in [6.45, 7) is 1.05. The number of ether oxygens (including phenoxy) is 1. The van der Waals surface area contributed by atoms with Crippen molar-refractivity contribution in [3.63, 3.8) is 0 Å². The topological polar surface area (TPSA) is 122 Å². The van der Waals surface area contributed by atoms with Gasteiger partial charge in [-0.2, -0.15) is 11.8 Å². The van der Waals surface area contributed by atoms with Gasteiger partial charge in [0, 0.05) is 0 Å². The lowest BCUT2D eigenvalue weighted by molar-refractivity contribution is -0.119. The van der Waals surface area contributed by atoms with Crippen LogP contribution >= 0.6 is 11.8 Å². The molecule has 0 unspecified atom stereocenters.